The molecule has 1 rings (SSSR count). The van der Waals surface area contributed by atoms with E-state index in [0.717, 1.165) is 13.0 Å². The number of rotatable bonds is 2. The van der Waals surface area contributed by atoms with Gasteiger partial charge in [0.05, 0.1) is 6.54 Å². The lowest BCUT2D eigenvalue weighted by Gasteiger charge is -2.13. The van der Waals surface area contributed by atoms with Gasteiger partial charge in [0, 0.05) is 12.0 Å². The molecule has 0 unspecified atom stereocenters. The van der Waals surface area contributed by atoms with Crippen LogP contribution in [0, 0.1) is 0 Å². The highest BCUT2D eigenvalue weighted by Crippen LogP contribution is 2.10. The second-order valence-corrected chi connectivity index (χ2v) is 2.49. The van der Waals surface area contributed by atoms with Crippen LogP contribution in [0.4, 0.5) is 0 Å². The van der Waals surface area contributed by atoms with Crippen LogP contribution in [0.2, 0.25) is 0 Å². The number of nitrogens with two attached hydrogens (primary N) is 1. The van der Waals surface area contributed by atoms with Crippen molar-refractivity contribution in [1.29, 1.82) is 0 Å². The van der Waals surface area contributed by atoms with E-state index in [-0.39, 0.29) is 0 Å². The molecule has 0 radical (unpaired) electrons. The van der Waals surface area contributed by atoms with Crippen LogP contribution in [0.3, 0.4) is 0 Å². The number of quaternary nitrogens is 1. The zero-order valence-electron chi connectivity index (χ0n) is 6.27. The van der Waals surface area contributed by atoms with E-state index in [0.29, 0.717) is 0 Å². The van der Waals surface area contributed by atoms with Crippen molar-refractivity contribution in [2.75, 3.05) is 13.1 Å². The Kier molecular flexibility index (Phi) is 2.46. The van der Waals surface area contributed by atoms with Crippen molar-refractivity contribution < 1.29 is 5.32 Å². The average Bonchev–Trinajstić information content (AvgIpc) is 2.04. The molecule has 0 spiro atoms. The van der Waals surface area contributed by atoms with Gasteiger partial charge in [-0.3, -0.25) is 0 Å². The number of hydrogen-bond acceptors (Lipinski definition) is 0. The Balaban J connectivity index is 2.81. The third-order valence-corrected chi connectivity index (χ3v) is 1.89. The van der Waals surface area contributed by atoms with Crippen molar-refractivity contribution in [3.8, 4) is 0 Å². The van der Waals surface area contributed by atoms with Crippen LogP contribution in [-0.2, 0) is 0 Å². The van der Waals surface area contributed by atoms with Gasteiger partial charge in [-0.25, -0.2) is 0 Å². The molecule has 0 saturated heterocycles. The van der Waals surface area contributed by atoms with Gasteiger partial charge in [0.1, 0.15) is 6.54 Å². The first-order valence-corrected chi connectivity index (χ1v) is 3.67. The Morgan fingerprint density at radius 2 is 1.90 bits per heavy atom. The zero-order valence-corrected chi connectivity index (χ0v) is 6.27. The van der Waals surface area contributed by atoms with Crippen molar-refractivity contribution in [2.24, 2.45) is 0 Å². The monoisotopic (exact) mass is 136 g/mol. The minimum atomic E-state index is 1.07. The first kappa shape index (κ1) is 7.29. The molecule has 0 fully saturated rings. The molecule has 0 bridgehead atoms. The molecule has 0 aromatic carbocycles. The standard InChI is InChI=1S/C9H13N/c1-3-8-5-6-10-7-9(8)4-2/h3-4,10H,1-2,5-7H2/p+1. The summed E-state index contributed by atoms with van der Waals surface area (Å²) in [6.45, 7) is 9.79. The highest BCUT2D eigenvalue weighted by atomic mass is 14.9. The van der Waals surface area contributed by atoms with E-state index < -0.39 is 0 Å². The van der Waals surface area contributed by atoms with Crippen molar-refractivity contribution in [1.82, 2.24) is 0 Å². The summed E-state index contributed by atoms with van der Waals surface area (Å²) in [5, 5.41) is 2.30. The van der Waals surface area contributed by atoms with Crippen LogP contribution >= 0.6 is 0 Å². The summed E-state index contributed by atoms with van der Waals surface area (Å²) in [5.74, 6) is 0. The first-order chi connectivity index (χ1) is 4.88. The molecule has 0 saturated carbocycles. The van der Waals surface area contributed by atoms with E-state index in [9.17, 15) is 0 Å². The third-order valence-electron chi connectivity index (χ3n) is 1.89. The topological polar surface area (TPSA) is 16.6 Å². The van der Waals surface area contributed by atoms with E-state index >= 15 is 0 Å². The minimum absolute atomic E-state index is 1.07. The average molecular weight is 136 g/mol. The molecule has 0 aliphatic carbocycles. The molecular weight excluding hydrogens is 122 g/mol. The summed E-state index contributed by atoms with van der Waals surface area (Å²) in [6.07, 6.45) is 5.03. The maximum atomic E-state index is 3.76. The van der Waals surface area contributed by atoms with Gasteiger partial charge in [0.2, 0.25) is 0 Å². The second kappa shape index (κ2) is 3.37. The summed E-state index contributed by atoms with van der Waals surface area (Å²) in [7, 11) is 0. The minimum Gasteiger partial charge on any atom is -0.342 e. The molecule has 54 valence electrons. The van der Waals surface area contributed by atoms with Crippen LogP contribution in [-0.4, -0.2) is 13.1 Å². The molecule has 1 nitrogen and oxygen atoms in total. The number of hydrogen-bond donors (Lipinski definition) is 1. The summed E-state index contributed by atoms with van der Waals surface area (Å²) in [5.41, 5.74) is 2.72. The van der Waals surface area contributed by atoms with Gasteiger partial charge in [0.15, 0.2) is 0 Å². The fraction of sp³-hybridized carbons (Fsp3) is 0.333. The van der Waals surface area contributed by atoms with Gasteiger partial charge in [-0.15, -0.1) is 0 Å². The molecule has 0 aromatic heterocycles. The predicted molar refractivity (Wildman–Crippen MR) is 43.7 cm³/mol. The van der Waals surface area contributed by atoms with E-state index in [1.807, 2.05) is 12.2 Å². The Labute approximate surface area is 62.1 Å². The Morgan fingerprint density at radius 1 is 1.20 bits per heavy atom. The highest BCUT2D eigenvalue weighted by Gasteiger charge is 2.08. The van der Waals surface area contributed by atoms with Gasteiger partial charge in [-0.2, -0.15) is 0 Å². The first-order valence-electron chi connectivity index (χ1n) is 3.67. The summed E-state index contributed by atoms with van der Waals surface area (Å²) in [6, 6.07) is 0. The van der Waals surface area contributed by atoms with Crippen LogP contribution in [0.5, 0.6) is 0 Å². The molecule has 1 heterocycles. The van der Waals surface area contributed by atoms with Gasteiger partial charge in [0.25, 0.3) is 0 Å². The maximum absolute atomic E-state index is 3.76. The quantitative estimate of drug-likeness (QED) is 0.573. The normalized spacial score (nSPS) is 18.8. The Bertz CT molecular complexity index is 157. The molecule has 0 atom stereocenters. The van der Waals surface area contributed by atoms with Gasteiger partial charge in [-0.1, -0.05) is 25.3 Å². The lowest BCUT2D eigenvalue weighted by Crippen LogP contribution is -2.85. The van der Waals surface area contributed by atoms with E-state index in [1.165, 1.54) is 17.7 Å². The lowest BCUT2D eigenvalue weighted by atomic mass is 10.0. The van der Waals surface area contributed by atoms with Gasteiger partial charge in [-0.05, 0) is 5.57 Å². The van der Waals surface area contributed by atoms with Crippen molar-refractivity contribution >= 4 is 0 Å². The molecule has 2 N–H and O–H groups in total. The Hall–Kier alpha value is -0.820. The van der Waals surface area contributed by atoms with Crippen molar-refractivity contribution in [3.63, 3.8) is 0 Å². The van der Waals surface area contributed by atoms with E-state index in [4.69, 9.17) is 0 Å². The second-order valence-electron chi connectivity index (χ2n) is 2.49. The SMILES string of the molecule is C=CC1=C(C=C)C[NH2+]CC1. The highest BCUT2D eigenvalue weighted by molar-refractivity contribution is 5.32. The molecule has 1 aliphatic heterocycles. The predicted octanol–water partition coefficient (Wildman–Crippen LogP) is 0.622. The smallest absolute Gasteiger partial charge is 0.101 e. The lowest BCUT2D eigenvalue weighted by molar-refractivity contribution is -0.649. The molecular formula is C9H14N+. The van der Waals surface area contributed by atoms with Crippen molar-refractivity contribution in [2.45, 2.75) is 6.42 Å². The zero-order chi connectivity index (χ0) is 7.40. The fourth-order valence-electron chi connectivity index (χ4n) is 1.25. The molecule has 1 heteroatoms. The van der Waals surface area contributed by atoms with Crippen LogP contribution < -0.4 is 5.32 Å². The van der Waals surface area contributed by atoms with Gasteiger partial charge >= 0.3 is 0 Å². The summed E-state index contributed by atoms with van der Waals surface area (Å²) >= 11 is 0. The van der Waals surface area contributed by atoms with E-state index in [2.05, 4.69) is 18.5 Å². The molecule has 10 heavy (non-hydrogen) atoms. The van der Waals surface area contributed by atoms with Crippen LogP contribution in [0.15, 0.2) is 36.5 Å². The molecule has 0 aromatic rings. The van der Waals surface area contributed by atoms with Gasteiger partial charge < -0.3 is 5.32 Å². The fourth-order valence-corrected chi connectivity index (χ4v) is 1.25. The number of allylic oxidation sites excluding steroid dienone is 1. The maximum Gasteiger partial charge on any atom is 0.101 e. The molecule has 0 amide bonds. The van der Waals surface area contributed by atoms with E-state index in [1.54, 1.807) is 0 Å². The van der Waals surface area contributed by atoms with Crippen LogP contribution in [0.25, 0.3) is 0 Å². The Morgan fingerprint density at radius 3 is 2.40 bits per heavy atom. The summed E-state index contributed by atoms with van der Waals surface area (Å²) in [4.78, 5) is 0. The largest absolute Gasteiger partial charge is 0.342 e. The van der Waals surface area contributed by atoms with Crippen molar-refractivity contribution in [3.05, 3.63) is 36.5 Å². The summed E-state index contributed by atoms with van der Waals surface area (Å²) < 4.78 is 0. The van der Waals surface area contributed by atoms with Crippen LogP contribution in [0.1, 0.15) is 6.42 Å². The molecule has 1 aliphatic rings. The third kappa shape index (κ3) is 1.36.